The number of anilines is 1. The lowest BCUT2D eigenvalue weighted by Gasteiger charge is -2.47. The van der Waals surface area contributed by atoms with E-state index in [0.717, 1.165) is 13.0 Å². The van der Waals surface area contributed by atoms with E-state index in [2.05, 4.69) is 36.1 Å². The van der Waals surface area contributed by atoms with Gasteiger partial charge in [-0.05, 0) is 25.0 Å². The first kappa shape index (κ1) is 11.8. The molecular weight excluding hydrogens is 226 g/mol. The average Bonchev–Trinajstić information content (AvgIpc) is 2.38. The molecule has 2 aliphatic rings. The Bertz CT molecular complexity index is 471. The van der Waals surface area contributed by atoms with E-state index in [1.807, 2.05) is 12.1 Å². The van der Waals surface area contributed by atoms with Crippen molar-refractivity contribution >= 4 is 11.8 Å². The number of ether oxygens (including phenoxy) is 1. The topological polar surface area (TPSA) is 32.7 Å². The molecule has 0 aromatic heterocycles. The highest BCUT2D eigenvalue weighted by Crippen LogP contribution is 2.36. The Balaban J connectivity index is 1.95. The van der Waals surface area contributed by atoms with Crippen LogP contribution >= 0.6 is 0 Å². The molecule has 3 heteroatoms. The maximum atomic E-state index is 9.90. The minimum absolute atomic E-state index is 0.262. The monoisotopic (exact) mass is 245 g/mol. The normalized spacial score (nSPS) is 31.2. The zero-order chi connectivity index (χ0) is 12.6. The van der Waals surface area contributed by atoms with Gasteiger partial charge in [-0.2, -0.15) is 0 Å². The van der Waals surface area contributed by atoms with Crippen LogP contribution in [0.15, 0.2) is 30.3 Å². The van der Waals surface area contributed by atoms with Gasteiger partial charge in [-0.3, -0.25) is 0 Å². The number of benzene rings is 1. The molecule has 2 heterocycles. The Labute approximate surface area is 108 Å². The second kappa shape index (κ2) is 4.41. The number of rotatable bonds is 1. The van der Waals surface area contributed by atoms with E-state index >= 15 is 0 Å². The van der Waals surface area contributed by atoms with E-state index in [0.29, 0.717) is 13.0 Å². The molecule has 1 N–H and O–H groups in total. The molecule has 1 fully saturated rings. The minimum atomic E-state index is -0.404. The molecule has 1 aromatic carbocycles. The van der Waals surface area contributed by atoms with Gasteiger partial charge in [0.2, 0.25) is 0 Å². The molecule has 0 aliphatic carbocycles. The summed E-state index contributed by atoms with van der Waals surface area (Å²) in [5.41, 5.74) is 2.00. The van der Waals surface area contributed by atoms with E-state index < -0.39 is 5.72 Å². The maximum absolute atomic E-state index is 9.90. The van der Waals surface area contributed by atoms with Crippen LogP contribution in [0.25, 0.3) is 6.08 Å². The summed E-state index contributed by atoms with van der Waals surface area (Å²) in [5.74, 6) is 0. The van der Waals surface area contributed by atoms with Crippen LogP contribution < -0.4 is 4.90 Å². The highest BCUT2D eigenvalue weighted by atomic mass is 16.5. The molecule has 2 aliphatic heterocycles. The average molecular weight is 245 g/mol. The summed E-state index contributed by atoms with van der Waals surface area (Å²) in [4.78, 5) is 2.25. The summed E-state index contributed by atoms with van der Waals surface area (Å²) < 4.78 is 5.96. The Kier molecular flexibility index (Phi) is 2.88. The summed E-state index contributed by atoms with van der Waals surface area (Å²) >= 11 is 0. The molecule has 0 bridgehead atoms. The van der Waals surface area contributed by atoms with Crippen LogP contribution in [0, 0.1) is 0 Å². The molecule has 3 nitrogen and oxygen atoms in total. The van der Waals surface area contributed by atoms with Crippen LogP contribution in [-0.4, -0.2) is 30.1 Å². The number of hydrogen-bond donors (Lipinski definition) is 1. The van der Waals surface area contributed by atoms with Crippen LogP contribution in [-0.2, 0) is 4.74 Å². The third kappa shape index (κ3) is 1.93. The van der Waals surface area contributed by atoms with Crippen molar-refractivity contribution in [2.75, 3.05) is 18.1 Å². The second-order valence-electron chi connectivity index (χ2n) is 5.24. The molecule has 1 aromatic rings. The highest BCUT2D eigenvalue weighted by Gasteiger charge is 2.39. The predicted molar refractivity (Wildman–Crippen MR) is 72.4 cm³/mol. The highest BCUT2D eigenvalue weighted by molar-refractivity contribution is 5.71. The van der Waals surface area contributed by atoms with Crippen LogP contribution in [0.2, 0.25) is 0 Å². The van der Waals surface area contributed by atoms with Crippen molar-refractivity contribution in [3.05, 3.63) is 35.9 Å². The molecular formula is C15H19NO2. The number of fused-ring (bicyclic) bond motifs is 1. The fourth-order valence-electron chi connectivity index (χ4n) is 2.91. The Morgan fingerprint density at radius 3 is 3.06 bits per heavy atom. The quantitative estimate of drug-likeness (QED) is 0.824. The lowest BCUT2D eigenvalue weighted by molar-refractivity contribution is -0.107. The van der Waals surface area contributed by atoms with Gasteiger partial charge < -0.3 is 14.7 Å². The van der Waals surface area contributed by atoms with Gasteiger partial charge in [-0.25, -0.2) is 0 Å². The molecule has 3 rings (SSSR count). The van der Waals surface area contributed by atoms with Crippen molar-refractivity contribution in [3.8, 4) is 0 Å². The second-order valence-corrected chi connectivity index (χ2v) is 5.24. The molecule has 18 heavy (non-hydrogen) atoms. The van der Waals surface area contributed by atoms with Gasteiger partial charge in [0.1, 0.15) is 5.72 Å². The van der Waals surface area contributed by atoms with Crippen LogP contribution in [0.1, 0.15) is 25.3 Å². The number of para-hydroxylation sites is 1. The number of aliphatic hydroxyl groups is 1. The van der Waals surface area contributed by atoms with Crippen molar-refractivity contribution in [2.24, 2.45) is 0 Å². The predicted octanol–water partition coefficient (Wildman–Crippen LogP) is 2.41. The van der Waals surface area contributed by atoms with E-state index in [1.165, 1.54) is 11.3 Å². The van der Waals surface area contributed by atoms with Crippen molar-refractivity contribution in [2.45, 2.75) is 31.6 Å². The third-order valence-electron chi connectivity index (χ3n) is 3.86. The lowest BCUT2D eigenvalue weighted by atomic mass is 9.96. The Morgan fingerprint density at radius 1 is 1.39 bits per heavy atom. The zero-order valence-corrected chi connectivity index (χ0v) is 10.7. The molecule has 2 unspecified atom stereocenters. The Morgan fingerprint density at radius 2 is 2.22 bits per heavy atom. The lowest BCUT2D eigenvalue weighted by Crippen LogP contribution is -2.54. The molecule has 0 amide bonds. The standard InChI is InChI=1S/C15H19NO2/c1-15(11-13(17)8-10-18-15)16-9-4-6-12-5-2-3-7-14(12)16/h2-7,13,17H,8-11H2,1H3. The molecule has 2 atom stereocenters. The third-order valence-corrected chi connectivity index (χ3v) is 3.86. The van der Waals surface area contributed by atoms with E-state index in [-0.39, 0.29) is 6.10 Å². The van der Waals surface area contributed by atoms with Gasteiger partial charge in [0, 0.05) is 18.7 Å². The van der Waals surface area contributed by atoms with E-state index in [4.69, 9.17) is 4.74 Å². The summed E-state index contributed by atoms with van der Waals surface area (Å²) in [5, 5.41) is 9.90. The van der Waals surface area contributed by atoms with Gasteiger partial charge in [0.05, 0.1) is 12.7 Å². The summed E-state index contributed by atoms with van der Waals surface area (Å²) in [6.07, 6.45) is 5.43. The summed E-state index contributed by atoms with van der Waals surface area (Å²) in [7, 11) is 0. The molecule has 0 radical (unpaired) electrons. The first-order chi connectivity index (χ1) is 8.69. The van der Waals surface area contributed by atoms with Crippen molar-refractivity contribution in [1.29, 1.82) is 0 Å². The number of hydrogen-bond acceptors (Lipinski definition) is 3. The first-order valence-electron chi connectivity index (χ1n) is 6.54. The van der Waals surface area contributed by atoms with Gasteiger partial charge in [-0.15, -0.1) is 0 Å². The van der Waals surface area contributed by atoms with Gasteiger partial charge in [0.25, 0.3) is 0 Å². The van der Waals surface area contributed by atoms with E-state index in [9.17, 15) is 5.11 Å². The van der Waals surface area contributed by atoms with Crippen LogP contribution in [0.4, 0.5) is 5.69 Å². The van der Waals surface area contributed by atoms with Gasteiger partial charge in [-0.1, -0.05) is 30.4 Å². The SMILES string of the molecule is CC1(N2CC=Cc3ccccc32)CC(O)CCO1. The fraction of sp³-hybridized carbons (Fsp3) is 0.467. The summed E-state index contributed by atoms with van der Waals surface area (Å²) in [6.45, 7) is 3.53. The van der Waals surface area contributed by atoms with Crippen molar-refractivity contribution in [3.63, 3.8) is 0 Å². The molecule has 0 spiro atoms. The zero-order valence-electron chi connectivity index (χ0n) is 10.7. The van der Waals surface area contributed by atoms with E-state index in [1.54, 1.807) is 0 Å². The largest absolute Gasteiger partial charge is 0.393 e. The van der Waals surface area contributed by atoms with Crippen molar-refractivity contribution in [1.82, 2.24) is 0 Å². The number of aliphatic hydroxyl groups excluding tert-OH is 1. The first-order valence-corrected chi connectivity index (χ1v) is 6.54. The molecule has 0 saturated carbocycles. The van der Waals surface area contributed by atoms with Crippen LogP contribution in [0.5, 0.6) is 0 Å². The van der Waals surface area contributed by atoms with Crippen molar-refractivity contribution < 1.29 is 9.84 Å². The number of nitrogens with zero attached hydrogens (tertiary/aromatic N) is 1. The summed E-state index contributed by atoms with van der Waals surface area (Å²) in [6, 6.07) is 8.33. The maximum Gasteiger partial charge on any atom is 0.141 e. The fourth-order valence-corrected chi connectivity index (χ4v) is 2.91. The molecule has 96 valence electrons. The van der Waals surface area contributed by atoms with Crippen LogP contribution in [0.3, 0.4) is 0 Å². The Hall–Kier alpha value is -1.32. The van der Waals surface area contributed by atoms with Gasteiger partial charge >= 0.3 is 0 Å². The smallest absolute Gasteiger partial charge is 0.141 e. The molecule has 1 saturated heterocycles. The minimum Gasteiger partial charge on any atom is -0.393 e. The van der Waals surface area contributed by atoms with Gasteiger partial charge in [0.15, 0.2) is 0 Å².